The SMILES string of the molecule is CC(=O)N1c2ccc(N3CCOCC3)cc2CC[C@@H]1C. The number of aryl methyl sites for hydroxylation is 1. The molecule has 0 bridgehead atoms. The molecule has 2 heterocycles. The van der Waals surface area contributed by atoms with E-state index in [9.17, 15) is 4.79 Å². The van der Waals surface area contributed by atoms with Gasteiger partial charge in [0.05, 0.1) is 13.2 Å². The van der Waals surface area contributed by atoms with Gasteiger partial charge >= 0.3 is 0 Å². The number of ether oxygens (including phenoxy) is 1. The maximum atomic E-state index is 11.9. The first-order valence-electron chi connectivity index (χ1n) is 7.42. The van der Waals surface area contributed by atoms with Gasteiger partial charge in [0, 0.05) is 37.4 Å². The van der Waals surface area contributed by atoms with Crippen LogP contribution in [0.5, 0.6) is 0 Å². The Morgan fingerprint density at radius 2 is 2.05 bits per heavy atom. The summed E-state index contributed by atoms with van der Waals surface area (Å²) in [6.45, 7) is 7.28. The fraction of sp³-hybridized carbons (Fsp3) is 0.562. The summed E-state index contributed by atoms with van der Waals surface area (Å²) < 4.78 is 5.40. The number of hydrogen-bond donors (Lipinski definition) is 0. The van der Waals surface area contributed by atoms with Crippen molar-refractivity contribution in [2.24, 2.45) is 0 Å². The molecule has 2 aliphatic rings. The van der Waals surface area contributed by atoms with Gasteiger partial charge in [-0.3, -0.25) is 4.79 Å². The minimum absolute atomic E-state index is 0.137. The second-order valence-corrected chi connectivity index (χ2v) is 5.69. The Hall–Kier alpha value is -1.55. The van der Waals surface area contributed by atoms with Crippen molar-refractivity contribution in [2.45, 2.75) is 32.7 Å². The molecule has 1 amide bonds. The van der Waals surface area contributed by atoms with Crippen molar-refractivity contribution >= 4 is 17.3 Å². The molecule has 1 saturated heterocycles. The van der Waals surface area contributed by atoms with Crippen LogP contribution in [0.25, 0.3) is 0 Å². The Morgan fingerprint density at radius 1 is 1.30 bits per heavy atom. The van der Waals surface area contributed by atoms with Crippen molar-refractivity contribution in [3.63, 3.8) is 0 Å². The van der Waals surface area contributed by atoms with E-state index in [1.54, 1.807) is 6.92 Å². The number of amides is 1. The van der Waals surface area contributed by atoms with Crippen LogP contribution in [-0.2, 0) is 16.0 Å². The molecule has 4 nitrogen and oxygen atoms in total. The average molecular weight is 274 g/mol. The van der Waals surface area contributed by atoms with Gasteiger partial charge in [-0.25, -0.2) is 0 Å². The predicted octanol–water partition coefficient (Wildman–Crippen LogP) is 2.21. The Kier molecular flexibility index (Phi) is 3.66. The standard InChI is InChI=1S/C16H22N2O2/c1-12-3-4-14-11-15(17-7-9-20-10-8-17)5-6-16(14)18(12)13(2)19/h5-6,11-12H,3-4,7-10H2,1-2H3/t12-/m0/s1. The zero-order chi connectivity index (χ0) is 14.1. The monoisotopic (exact) mass is 274 g/mol. The number of carbonyl (C=O) groups is 1. The number of nitrogens with zero attached hydrogens (tertiary/aromatic N) is 2. The molecule has 1 aromatic carbocycles. The summed E-state index contributed by atoms with van der Waals surface area (Å²) in [5.74, 6) is 0.137. The second kappa shape index (κ2) is 5.44. The van der Waals surface area contributed by atoms with Gasteiger partial charge in [-0.1, -0.05) is 0 Å². The molecule has 0 aromatic heterocycles. The van der Waals surface area contributed by atoms with E-state index in [1.807, 2.05) is 4.90 Å². The van der Waals surface area contributed by atoms with E-state index in [2.05, 4.69) is 30.0 Å². The molecule has 0 N–H and O–H groups in total. The summed E-state index contributed by atoms with van der Waals surface area (Å²) in [6.07, 6.45) is 2.09. The second-order valence-electron chi connectivity index (χ2n) is 5.69. The van der Waals surface area contributed by atoms with Gasteiger partial charge in [-0.05, 0) is 43.5 Å². The van der Waals surface area contributed by atoms with Crippen LogP contribution in [0.3, 0.4) is 0 Å². The largest absolute Gasteiger partial charge is 0.378 e. The third-order valence-electron chi connectivity index (χ3n) is 4.31. The fourth-order valence-electron chi connectivity index (χ4n) is 3.24. The van der Waals surface area contributed by atoms with Crippen LogP contribution >= 0.6 is 0 Å². The lowest BCUT2D eigenvalue weighted by Gasteiger charge is -2.36. The smallest absolute Gasteiger partial charge is 0.224 e. The third kappa shape index (κ3) is 2.40. The molecule has 20 heavy (non-hydrogen) atoms. The lowest BCUT2D eigenvalue weighted by atomic mass is 9.96. The molecule has 0 saturated carbocycles. The summed E-state index contributed by atoms with van der Waals surface area (Å²) in [6, 6.07) is 6.80. The van der Waals surface area contributed by atoms with Crippen molar-refractivity contribution in [1.82, 2.24) is 0 Å². The first-order chi connectivity index (χ1) is 9.66. The van der Waals surface area contributed by atoms with Crippen molar-refractivity contribution in [3.8, 4) is 0 Å². The average Bonchev–Trinajstić information content (AvgIpc) is 2.47. The van der Waals surface area contributed by atoms with Crippen molar-refractivity contribution < 1.29 is 9.53 Å². The fourth-order valence-corrected chi connectivity index (χ4v) is 3.24. The van der Waals surface area contributed by atoms with Crippen LogP contribution in [0.2, 0.25) is 0 Å². The van der Waals surface area contributed by atoms with Crippen molar-refractivity contribution in [3.05, 3.63) is 23.8 Å². The number of benzene rings is 1. The first-order valence-corrected chi connectivity index (χ1v) is 7.42. The highest BCUT2D eigenvalue weighted by Crippen LogP contribution is 2.33. The molecule has 1 fully saturated rings. The van der Waals surface area contributed by atoms with Gasteiger partial charge in [-0.15, -0.1) is 0 Å². The van der Waals surface area contributed by atoms with E-state index < -0.39 is 0 Å². The lowest BCUT2D eigenvalue weighted by molar-refractivity contribution is -0.117. The Labute approximate surface area is 120 Å². The quantitative estimate of drug-likeness (QED) is 0.787. The number of rotatable bonds is 1. The molecule has 3 rings (SSSR count). The van der Waals surface area contributed by atoms with Crippen LogP contribution in [0.1, 0.15) is 25.8 Å². The van der Waals surface area contributed by atoms with Gasteiger partial charge < -0.3 is 14.5 Å². The molecule has 0 aliphatic carbocycles. The minimum Gasteiger partial charge on any atom is -0.378 e. The molecule has 0 radical (unpaired) electrons. The number of anilines is 2. The summed E-state index contributed by atoms with van der Waals surface area (Å²) >= 11 is 0. The maximum absolute atomic E-state index is 11.9. The van der Waals surface area contributed by atoms with Crippen molar-refractivity contribution in [1.29, 1.82) is 0 Å². The van der Waals surface area contributed by atoms with E-state index in [0.717, 1.165) is 44.8 Å². The molecule has 0 unspecified atom stereocenters. The Balaban J connectivity index is 1.91. The summed E-state index contributed by atoms with van der Waals surface area (Å²) in [7, 11) is 0. The van der Waals surface area contributed by atoms with Crippen molar-refractivity contribution in [2.75, 3.05) is 36.1 Å². The lowest BCUT2D eigenvalue weighted by Crippen LogP contribution is -2.41. The molecule has 2 aliphatic heterocycles. The topological polar surface area (TPSA) is 32.8 Å². The highest BCUT2D eigenvalue weighted by molar-refractivity contribution is 5.93. The van der Waals surface area contributed by atoms with E-state index in [1.165, 1.54) is 11.3 Å². The summed E-state index contributed by atoms with van der Waals surface area (Å²) in [4.78, 5) is 16.2. The Bertz CT molecular complexity index is 509. The molecule has 108 valence electrons. The molecular weight excluding hydrogens is 252 g/mol. The Morgan fingerprint density at radius 3 is 2.75 bits per heavy atom. The molecular formula is C16H22N2O2. The van der Waals surface area contributed by atoms with E-state index >= 15 is 0 Å². The zero-order valence-electron chi connectivity index (χ0n) is 12.3. The molecule has 4 heteroatoms. The van der Waals surface area contributed by atoms with E-state index in [0.29, 0.717) is 6.04 Å². The van der Waals surface area contributed by atoms with Crippen LogP contribution in [0.15, 0.2) is 18.2 Å². The number of fused-ring (bicyclic) bond motifs is 1. The van der Waals surface area contributed by atoms with Crippen LogP contribution < -0.4 is 9.80 Å². The van der Waals surface area contributed by atoms with Crippen LogP contribution in [-0.4, -0.2) is 38.3 Å². The highest BCUT2D eigenvalue weighted by atomic mass is 16.5. The van der Waals surface area contributed by atoms with Gasteiger partial charge in [0.15, 0.2) is 0 Å². The van der Waals surface area contributed by atoms with Crippen LogP contribution in [0, 0.1) is 0 Å². The first kappa shape index (κ1) is 13.4. The number of hydrogen-bond acceptors (Lipinski definition) is 3. The summed E-state index contributed by atoms with van der Waals surface area (Å²) in [5.41, 5.74) is 3.64. The number of morpholine rings is 1. The van der Waals surface area contributed by atoms with E-state index in [-0.39, 0.29) is 5.91 Å². The van der Waals surface area contributed by atoms with Crippen LogP contribution in [0.4, 0.5) is 11.4 Å². The zero-order valence-corrected chi connectivity index (χ0v) is 12.3. The molecule has 0 spiro atoms. The molecule has 1 atom stereocenters. The summed E-state index contributed by atoms with van der Waals surface area (Å²) in [5, 5.41) is 0. The maximum Gasteiger partial charge on any atom is 0.224 e. The van der Waals surface area contributed by atoms with E-state index in [4.69, 9.17) is 4.74 Å². The number of carbonyl (C=O) groups excluding carboxylic acids is 1. The predicted molar refractivity (Wildman–Crippen MR) is 80.4 cm³/mol. The van der Waals surface area contributed by atoms with Gasteiger partial charge in [0.1, 0.15) is 0 Å². The highest BCUT2D eigenvalue weighted by Gasteiger charge is 2.26. The van der Waals surface area contributed by atoms with Gasteiger partial charge in [0.25, 0.3) is 0 Å². The normalized spacial score (nSPS) is 22.6. The van der Waals surface area contributed by atoms with Gasteiger partial charge in [0.2, 0.25) is 5.91 Å². The third-order valence-corrected chi connectivity index (χ3v) is 4.31. The van der Waals surface area contributed by atoms with Gasteiger partial charge in [-0.2, -0.15) is 0 Å². The minimum atomic E-state index is 0.137. The molecule has 1 aromatic rings.